The van der Waals surface area contributed by atoms with Crippen molar-refractivity contribution in [3.63, 3.8) is 0 Å². The van der Waals surface area contributed by atoms with E-state index in [0.29, 0.717) is 17.2 Å². The second kappa shape index (κ2) is 5.82. The van der Waals surface area contributed by atoms with Crippen molar-refractivity contribution >= 4 is 5.95 Å². The van der Waals surface area contributed by atoms with E-state index in [0.717, 1.165) is 23.0 Å². The summed E-state index contributed by atoms with van der Waals surface area (Å²) < 4.78 is 28.2. The molecule has 0 saturated heterocycles. The van der Waals surface area contributed by atoms with E-state index in [2.05, 4.69) is 20.3 Å². The molecule has 6 nitrogen and oxygen atoms in total. The largest absolute Gasteiger partial charge is 0.369 e. The van der Waals surface area contributed by atoms with Crippen LogP contribution < -0.4 is 5.73 Å². The van der Waals surface area contributed by atoms with Crippen molar-refractivity contribution in [1.29, 1.82) is 0 Å². The number of H-pyrrole nitrogens is 1. The summed E-state index contributed by atoms with van der Waals surface area (Å²) in [6.07, 6.45) is 3.26. The van der Waals surface area contributed by atoms with Crippen molar-refractivity contribution in [3.8, 4) is 28.2 Å². The van der Waals surface area contributed by atoms with Crippen molar-refractivity contribution in [2.24, 2.45) is 0 Å². The predicted octanol–water partition coefficient (Wildman–Crippen LogP) is 3.18. The number of nitrogens with two attached hydrogens (primary N) is 1. The SMILES string of the molecule is Nc1ncc(-c2ccc(-n3cc(-c4cc(F)cc(F)c4)nn3)cc2)[nH]1. The Kier molecular flexibility index (Phi) is 3.50. The molecule has 2 heterocycles. The zero-order chi connectivity index (χ0) is 17.4. The molecule has 0 aliphatic rings. The zero-order valence-electron chi connectivity index (χ0n) is 12.8. The van der Waals surface area contributed by atoms with Gasteiger partial charge in [-0.15, -0.1) is 5.10 Å². The number of imidazole rings is 1. The van der Waals surface area contributed by atoms with Gasteiger partial charge in [0.15, 0.2) is 5.95 Å². The van der Waals surface area contributed by atoms with Crippen LogP contribution in [0.15, 0.2) is 54.9 Å². The van der Waals surface area contributed by atoms with E-state index in [9.17, 15) is 8.78 Å². The minimum Gasteiger partial charge on any atom is -0.369 e. The van der Waals surface area contributed by atoms with E-state index in [1.54, 1.807) is 12.4 Å². The Morgan fingerprint density at radius 2 is 1.68 bits per heavy atom. The molecule has 0 amide bonds. The van der Waals surface area contributed by atoms with Gasteiger partial charge < -0.3 is 10.7 Å². The minimum atomic E-state index is -0.660. The molecule has 8 heteroatoms. The quantitative estimate of drug-likeness (QED) is 0.601. The second-order valence-corrected chi connectivity index (χ2v) is 5.44. The Morgan fingerprint density at radius 1 is 0.960 bits per heavy atom. The maximum Gasteiger partial charge on any atom is 0.197 e. The van der Waals surface area contributed by atoms with Crippen LogP contribution in [0.25, 0.3) is 28.2 Å². The van der Waals surface area contributed by atoms with Crippen LogP contribution in [0.3, 0.4) is 0 Å². The van der Waals surface area contributed by atoms with Gasteiger partial charge >= 0.3 is 0 Å². The fourth-order valence-corrected chi connectivity index (χ4v) is 2.50. The number of halogens is 2. The van der Waals surface area contributed by atoms with Gasteiger partial charge in [-0.25, -0.2) is 18.4 Å². The average Bonchev–Trinajstić information content (AvgIpc) is 3.23. The van der Waals surface area contributed by atoms with E-state index in [4.69, 9.17) is 5.73 Å². The number of nitrogens with zero attached hydrogens (tertiary/aromatic N) is 4. The number of aromatic amines is 1. The van der Waals surface area contributed by atoms with Gasteiger partial charge in [-0.05, 0) is 29.8 Å². The highest BCUT2D eigenvalue weighted by atomic mass is 19.1. The lowest BCUT2D eigenvalue weighted by Crippen LogP contribution is -1.94. The third-order valence-corrected chi connectivity index (χ3v) is 3.69. The standard InChI is InChI=1S/C17H12F2N6/c18-12-5-11(6-13(19)7-12)16-9-25(24-23-16)14-3-1-10(2-4-14)15-8-21-17(20)22-15/h1-9H,(H3,20,21,22). The Hall–Kier alpha value is -3.55. The van der Waals surface area contributed by atoms with Crippen LogP contribution in [-0.2, 0) is 0 Å². The number of nitrogen functional groups attached to an aromatic ring is 1. The van der Waals surface area contributed by atoms with Gasteiger partial charge in [0.1, 0.15) is 17.3 Å². The molecule has 25 heavy (non-hydrogen) atoms. The molecular formula is C17H12F2N6. The normalized spacial score (nSPS) is 11.0. The molecule has 0 aliphatic heterocycles. The molecule has 0 fully saturated rings. The molecule has 0 radical (unpaired) electrons. The number of nitrogens with one attached hydrogen (secondary N) is 1. The number of anilines is 1. The van der Waals surface area contributed by atoms with Crippen LogP contribution in [-0.4, -0.2) is 25.0 Å². The number of hydrogen-bond acceptors (Lipinski definition) is 4. The Balaban J connectivity index is 1.63. The van der Waals surface area contributed by atoms with Crippen molar-refractivity contribution < 1.29 is 8.78 Å². The molecule has 0 aliphatic carbocycles. The highest BCUT2D eigenvalue weighted by molar-refractivity contribution is 5.62. The Morgan fingerprint density at radius 3 is 2.32 bits per heavy atom. The molecule has 2 aromatic carbocycles. The van der Waals surface area contributed by atoms with E-state index in [1.165, 1.54) is 16.8 Å². The first-order chi connectivity index (χ1) is 12.1. The lowest BCUT2D eigenvalue weighted by atomic mass is 10.1. The molecule has 0 atom stereocenters. The molecule has 4 rings (SSSR count). The van der Waals surface area contributed by atoms with Gasteiger partial charge in [-0.3, -0.25) is 0 Å². The summed E-state index contributed by atoms with van der Waals surface area (Å²) >= 11 is 0. The van der Waals surface area contributed by atoms with E-state index in [1.807, 2.05) is 24.3 Å². The molecule has 124 valence electrons. The molecule has 0 spiro atoms. The third kappa shape index (κ3) is 2.97. The fraction of sp³-hybridized carbons (Fsp3) is 0. The van der Waals surface area contributed by atoms with Crippen LogP contribution >= 0.6 is 0 Å². The van der Waals surface area contributed by atoms with Gasteiger partial charge in [0.25, 0.3) is 0 Å². The van der Waals surface area contributed by atoms with Crippen molar-refractivity contribution in [1.82, 2.24) is 25.0 Å². The van der Waals surface area contributed by atoms with Crippen LogP contribution in [0.2, 0.25) is 0 Å². The smallest absolute Gasteiger partial charge is 0.197 e. The first kappa shape index (κ1) is 15.0. The molecule has 0 unspecified atom stereocenters. The molecule has 0 bridgehead atoms. The average molecular weight is 338 g/mol. The molecule has 2 aromatic heterocycles. The molecule has 4 aromatic rings. The first-order valence-corrected chi connectivity index (χ1v) is 7.38. The van der Waals surface area contributed by atoms with Gasteiger partial charge in [-0.1, -0.05) is 17.3 Å². The molecule has 0 saturated carbocycles. The number of hydrogen-bond donors (Lipinski definition) is 2. The van der Waals surface area contributed by atoms with Gasteiger partial charge in [0, 0.05) is 11.6 Å². The van der Waals surface area contributed by atoms with Crippen molar-refractivity contribution in [2.75, 3.05) is 5.73 Å². The van der Waals surface area contributed by atoms with Gasteiger partial charge in [0.2, 0.25) is 0 Å². The topological polar surface area (TPSA) is 85.4 Å². The minimum absolute atomic E-state index is 0.327. The summed E-state index contributed by atoms with van der Waals surface area (Å²) in [5.41, 5.74) is 8.76. The monoisotopic (exact) mass is 338 g/mol. The first-order valence-electron chi connectivity index (χ1n) is 7.38. The second-order valence-electron chi connectivity index (χ2n) is 5.44. The summed E-state index contributed by atoms with van der Waals surface area (Å²) in [5.74, 6) is -0.970. The maximum absolute atomic E-state index is 13.3. The fourth-order valence-electron chi connectivity index (χ4n) is 2.50. The van der Waals surface area contributed by atoms with E-state index < -0.39 is 11.6 Å². The van der Waals surface area contributed by atoms with Gasteiger partial charge in [-0.2, -0.15) is 0 Å². The van der Waals surface area contributed by atoms with Crippen LogP contribution in [0.5, 0.6) is 0 Å². The summed E-state index contributed by atoms with van der Waals surface area (Å²) in [6.45, 7) is 0. The maximum atomic E-state index is 13.3. The summed E-state index contributed by atoms with van der Waals surface area (Å²) in [6, 6.07) is 10.7. The molecular weight excluding hydrogens is 326 g/mol. The third-order valence-electron chi connectivity index (χ3n) is 3.69. The summed E-state index contributed by atoms with van der Waals surface area (Å²) in [7, 11) is 0. The van der Waals surface area contributed by atoms with Gasteiger partial charge in [0.05, 0.1) is 23.8 Å². The van der Waals surface area contributed by atoms with E-state index >= 15 is 0 Å². The van der Waals surface area contributed by atoms with Crippen molar-refractivity contribution in [3.05, 3.63) is 66.5 Å². The number of benzene rings is 2. The predicted molar refractivity (Wildman–Crippen MR) is 88.7 cm³/mol. The van der Waals surface area contributed by atoms with Crippen molar-refractivity contribution in [2.45, 2.75) is 0 Å². The van der Waals surface area contributed by atoms with E-state index in [-0.39, 0.29) is 0 Å². The highest BCUT2D eigenvalue weighted by Gasteiger charge is 2.09. The number of rotatable bonds is 3. The Labute approximate surface area is 140 Å². The summed E-state index contributed by atoms with van der Waals surface area (Å²) in [5, 5.41) is 7.99. The molecule has 3 N–H and O–H groups in total. The van der Waals surface area contributed by atoms with Crippen LogP contribution in [0, 0.1) is 11.6 Å². The summed E-state index contributed by atoms with van der Waals surface area (Å²) in [4.78, 5) is 6.91. The lowest BCUT2D eigenvalue weighted by Gasteiger charge is -2.02. The number of aromatic nitrogens is 5. The zero-order valence-corrected chi connectivity index (χ0v) is 12.8. The van der Waals surface area contributed by atoms with Crippen LogP contribution in [0.1, 0.15) is 0 Å². The van der Waals surface area contributed by atoms with Crippen LogP contribution in [0.4, 0.5) is 14.7 Å². The lowest BCUT2D eigenvalue weighted by molar-refractivity contribution is 0.584. The Bertz CT molecular complexity index is 1020. The highest BCUT2D eigenvalue weighted by Crippen LogP contribution is 2.22.